The molecule has 1 atom stereocenters. The molecule has 0 heterocycles. The second-order valence-corrected chi connectivity index (χ2v) is 5.99. The summed E-state index contributed by atoms with van der Waals surface area (Å²) in [6.45, 7) is 9.38. The molecular weight excluding hydrogens is 270 g/mol. The van der Waals surface area contributed by atoms with E-state index < -0.39 is 0 Å². The fourth-order valence-corrected chi connectivity index (χ4v) is 2.77. The number of esters is 1. The number of ether oxygens (including phenoxy) is 1. The molecule has 3 nitrogen and oxygen atoms in total. The molecule has 0 amide bonds. The van der Waals surface area contributed by atoms with Crippen molar-refractivity contribution in [3.63, 3.8) is 0 Å². The summed E-state index contributed by atoms with van der Waals surface area (Å²) in [5, 5.41) is 3.17. The summed E-state index contributed by atoms with van der Waals surface area (Å²) in [7, 11) is 0. The Bertz CT molecular complexity index is 403. The number of benzene rings is 1. The van der Waals surface area contributed by atoms with Gasteiger partial charge in [-0.3, -0.25) is 4.79 Å². The van der Waals surface area contributed by atoms with Crippen LogP contribution in [0.15, 0.2) is 29.2 Å². The highest BCUT2D eigenvalue weighted by Crippen LogP contribution is 2.22. The van der Waals surface area contributed by atoms with Crippen molar-refractivity contribution in [2.75, 3.05) is 18.9 Å². The van der Waals surface area contributed by atoms with Gasteiger partial charge in [0.1, 0.15) is 6.04 Å². The Morgan fingerprint density at radius 3 is 2.40 bits per heavy atom. The third-order valence-corrected chi connectivity index (χ3v) is 4.09. The van der Waals surface area contributed by atoms with Gasteiger partial charge in [-0.05, 0) is 37.1 Å². The zero-order valence-electron chi connectivity index (χ0n) is 12.8. The Kier molecular flexibility index (Phi) is 7.70. The van der Waals surface area contributed by atoms with Crippen LogP contribution in [0.4, 0.5) is 0 Å². The maximum atomic E-state index is 11.8. The SMILES string of the molecule is CCNC(CSc1ccc(C(C)C)cc1)C(=O)OCC. The van der Waals surface area contributed by atoms with E-state index in [-0.39, 0.29) is 12.0 Å². The molecule has 0 spiro atoms. The maximum absolute atomic E-state index is 11.8. The number of carbonyl (C=O) groups is 1. The Hall–Kier alpha value is -1.00. The number of likely N-dealkylation sites (N-methyl/N-ethyl adjacent to an activating group) is 1. The van der Waals surface area contributed by atoms with Crippen LogP contribution in [0.2, 0.25) is 0 Å². The van der Waals surface area contributed by atoms with Crippen molar-refractivity contribution in [1.29, 1.82) is 0 Å². The minimum atomic E-state index is -0.241. The molecule has 0 saturated carbocycles. The lowest BCUT2D eigenvalue weighted by atomic mass is 10.0. The van der Waals surface area contributed by atoms with Gasteiger partial charge in [0, 0.05) is 10.6 Å². The predicted molar refractivity (Wildman–Crippen MR) is 85.4 cm³/mol. The summed E-state index contributed by atoms with van der Waals surface area (Å²) in [6, 6.07) is 8.30. The first-order valence-corrected chi connectivity index (χ1v) is 8.19. The van der Waals surface area contributed by atoms with Gasteiger partial charge in [-0.15, -0.1) is 11.8 Å². The van der Waals surface area contributed by atoms with E-state index >= 15 is 0 Å². The fourth-order valence-electron chi connectivity index (χ4n) is 1.83. The van der Waals surface area contributed by atoms with Gasteiger partial charge in [-0.2, -0.15) is 0 Å². The Balaban J connectivity index is 2.55. The molecule has 1 aromatic carbocycles. The van der Waals surface area contributed by atoms with E-state index in [1.165, 1.54) is 10.5 Å². The minimum absolute atomic E-state index is 0.166. The van der Waals surface area contributed by atoms with Crippen LogP contribution in [0.5, 0.6) is 0 Å². The van der Waals surface area contributed by atoms with E-state index in [0.717, 1.165) is 6.54 Å². The summed E-state index contributed by atoms with van der Waals surface area (Å²) in [5.41, 5.74) is 1.34. The number of carbonyl (C=O) groups excluding carboxylic acids is 1. The number of rotatable bonds is 8. The average Bonchev–Trinajstić information content (AvgIpc) is 2.44. The molecule has 4 heteroatoms. The Labute approximate surface area is 126 Å². The van der Waals surface area contributed by atoms with Gasteiger partial charge in [0.2, 0.25) is 0 Å². The summed E-state index contributed by atoms with van der Waals surface area (Å²) >= 11 is 1.68. The third kappa shape index (κ3) is 5.55. The highest BCUT2D eigenvalue weighted by Gasteiger charge is 2.18. The van der Waals surface area contributed by atoms with Crippen molar-refractivity contribution < 1.29 is 9.53 Å². The lowest BCUT2D eigenvalue weighted by Crippen LogP contribution is -2.40. The van der Waals surface area contributed by atoms with E-state index in [1.807, 2.05) is 13.8 Å². The van der Waals surface area contributed by atoms with E-state index in [9.17, 15) is 4.79 Å². The van der Waals surface area contributed by atoms with Crippen molar-refractivity contribution in [3.8, 4) is 0 Å². The summed E-state index contributed by atoms with van der Waals surface area (Å²) in [4.78, 5) is 13.0. The summed E-state index contributed by atoms with van der Waals surface area (Å²) < 4.78 is 5.08. The predicted octanol–water partition coefficient (Wildman–Crippen LogP) is 3.44. The van der Waals surface area contributed by atoms with Crippen molar-refractivity contribution in [2.24, 2.45) is 0 Å². The van der Waals surface area contributed by atoms with Crippen molar-refractivity contribution in [1.82, 2.24) is 5.32 Å². The van der Waals surface area contributed by atoms with Crippen LogP contribution in [0, 0.1) is 0 Å². The van der Waals surface area contributed by atoms with Crippen LogP contribution in [-0.2, 0) is 9.53 Å². The van der Waals surface area contributed by atoms with Crippen LogP contribution in [0.3, 0.4) is 0 Å². The first kappa shape index (κ1) is 17.1. The molecule has 1 unspecified atom stereocenters. The van der Waals surface area contributed by atoms with Gasteiger partial charge in [0.05, 0.1) is 6.61 Å². The molecule has 0 radical (unpaired) electrons. The number of hydrogen-bond acceptors (Lipinski definition) is 4. The molecule has 1 aromatic rings. The Morgan fingerprint density at radius 2 is 1.90 bits per heavy atom. The molecular formula is C16H25NO2S. The van der Waals surface area contributed by atoms with E-state index in [2.05, 4.69) is 43.4 Å². The van der Waals surface area contributed by atoms with Crippen LogP contribution in [0.25, 0.3) is 0 Å². The molecule has 0 bridgehead atoms. The van der Waals surface area contributed by atoms with Gasteiger partial charge < -0.3 is 10.1 Å². The molecule has 1 rings (SSSR count). The number of nitrogens with one attached hydrogen (secondary N) is 1. The average molecular weight is 295 g/mol. The minimum Gasteiger partial charge on any atom is -0.465 e. The van der Waals surface area contributed by atoms with Crippen molar-refractivity contribution in [3.05, 3.63) is 29.8 Å². The molecule has 0 saturated heterocycles. The maximum Gasteiger partial charge on any atom is 0.323 e. The van der Waals surface area contributed by atoms with Gasteiger partial charge in [-0.1, -0.05) is 32.9 Å². The largest absolute Gasteiger partial charge is 0.465 e. The number of thioether (sulfide) groups is 1. The summed E-state index contributed by atoms with van der Waals surface area (Å²) in [6.07, 6.45) is 0. The lowest BCUT2D eigenvalue weighted by Gasteiger charge is -2.16. The van der Waals surface area contributed by atoms with Crippen LogP contribution < -0.4 is 5.32 Å². The molecule has 0 aliphatic carbocycles. The highest BCUT2D eigenvalue weighted by molar-refractivity contribution is 7.99. The second kappa shape index (κ2) is 9.03. The topological polar surface area (TPSA) is 38.3 Å². The zero-order chi connectivity index (χ0) is 15.0. The normalized spacial score (nSPS) is 12.4. The molecule has 0 aromatic heterocycles. The van der Waals surface area contributed by atoms with E-state index in [4.69, 9.17) is 4.74 Å². The van der Waals surface area contributed by atoms with Crippen molar-refractivity contribution >= 4 is 17.7 Å². The van der Waals surface area contributed by atoms with Crippen LogP contribution in [-0.4, -0.2) is 30.9 Å². The van der Waals surface area contributed by atoms with Crippen molar-refractivity contribution in [2.45, 2.75) is 44.6 Å². The molecule has 0 aliphatic rings. The van der Waals surface area contributed by atoms with E-state index in [0.29, 0.717) is 18.3 Å². The molecule has 20 heavy (non-hydrogen) atoms. The molecule has 1 N–H and O–H groups in total. The smallest absolute Gasteiger partial charge is 0.323 e. The van der Waals surface area contributed by atoms with Gasteiger partial charge in [0.25, 0.3) is 0 Å². The molecule has 0 aliphatic heterocycles. The first-order valence-electron chi connectivity index (χ1n) is 7.21. The van der Waals surface area contributed by atoms with Gasteiger partial charge in [-0.25, -0.2) is 0 Å². The number of hydrogen-bond donors (Lipinski definition) is 1. The standard InChI is InChI=1S/C16H25NO2S/c1-5-17-15(16(18)19-6-2)11-20-14-9-7-13(8-10-14)12(3)4/h7-10,12,15,17H,5-6,11H2,1-4H3. The quantitative estimate of drug-likeness (QED) is 0.589. The van der Waals surface area contributed by atoms with Crippen LogP contribution in [0.1, 0.15) is 39.2 Å². The monoisotopic (exact) mass is 295 g/mol. The van der Waals surface area contributed by atoms with E-state index in [1.54, 1.807) is 11.8 Å². The lowest BCUT2D eigenvalue weighted by molar-refractivity contribution is -0.144. The first-order chi connectivity index (χ1) is 9.58. The van der Waals surface area contributed by atoms with Gasteiger partial charge >= 0.3 is 5.97 Å². The fraction of sp³-hybridized carbons (Fsp3) is 0.562. The third-order valence-electron chi connectivity index (χ3n) is 2.99. The Morgan fingerprint density at radius 1 is 1.25 bits per heavy atom. The van der Waals surface area contributed by atoms with Gasteiger partial charge in [0.15, 0.2) is 0 Å². The molecule has 0 fully saturated rings. The summed E-state index contributed by atoms with van der Waals surface area (Å²) in [5.74, 6) is 1.07. The zero-order valence-corrected chi connectivity index (χ0v) is 13.6. The highest BCUT2D eigenvalue weighted by atomic mass is 32.2. The van der Waals surface area contributed by atoms with Crippen LogP contribution >= 0.6 is 11.8 Å². The second-order valence-electron chi connectivity index (χ2n) is 4.90. The molecule has 112 valence electrons.